The maximum Gasteiger partial charge on any atom is 0.271 e. The summed E-state index contributed by atoms with van der Waals surface area (Å²) < 4.78 is 53.9. The van der Waals surface area contributed by atoms with Gasteiger partial charge in [-0.05, 0) is 72.4 Å². The summed E-state index contributed by atoms with van der Waals surface area (Å²) in [4.78, 5) is 0. The summed E-state index contributed by atoms with van der Waals surface area (Å²) in [6.45, 7) is 2.25. The Kier molecular flexibility index (Phi) is 8.29. The first-order valence-electron chi connectivity index (χ1n) is 12.5. The molecule has 182 valence electrons. The minimum absolute atomic E-state index is 0.102. The Morgan fingerprint density at radius 1 is 0.914 bits per heavy atom. The molecule has 0 amide bonds. The van der Waals surface area contributed by atoms with Crippen molar-refractivity contribution < 1.29 is 17.6 Å². The minimum Gasteiger partial charge on any atom is -0.206 e. The Labute approximate surface area is 205 Å². The van der Waals surface area contributed by atoms with Gasteiger partial charge in [-0.2, -0.15) is 8.78 Å². The molecular weight excluding hydrogens is 448 g/mol. The molecule has 0 bridgehead atoms. The van der Waals surface area contributed by atoms with Gasteiger partial charge in [0.05, 0.1) is 5.56 Å². The number of fused-ring (bicyclic) bond motifs is 1. The van der Waals surface area contributed by atoms with E-state index in [1.807, 2.05) is 24.3 Å². The van der Waals surface area contributed by atoms with Crippen molar-refractivity contribution in [1.29, 1.82) is 0 Å². The van der Waals surface area contributed by atoms with Gasteiger partial charge in [0.1, 0.15) is 11.6 Å². The molecule has 0 aliphatic heterocycles. The van der Waals surface area contributed by atoms with E-state index in [-0.39, 0.29) is 11.5 Å². The van der Waals surface area contributed by atoms with Crippen LogP contribution >= 0.6 is 0 Å². The summed E-state index contributed by atoms with van der Waals surface area (Å²) in [5, 5.41) is 0.424. The molecule has 4 heteroatoms. The van der Waals surface area contributed by atoms with E-state index in [0.717, 1.165) is 28.7 Å². The van der Waals surface area contributed by atoms with Gasteiger partial charge < -0.3 is 0 Å². The zero-order chi connectivity index (χ0) is 24.8. The Balaban J connectivity index is 1.44. The Hall–Kier alpha value is -3.06. The molecule has 0 radical (unpaired) electrons. The van der Waals surface area contributed by atoms with Gasteiger partial charge in [0.15, 0.2) is 0 Å². The minimum atomic E-state index is -2.14. The quantitative estimate of drug-likeness (QED) is 0.188. The molecule has 0 saturated heterocycles. The van der Waals surface area contributed by atoms with Gasteiger partial charge >= 0.3 is 0 Å². The van der Waals surface area contributed by atoms with E-state index in [4.69, 9.17) is 0 Å². The third-order valence-corrected chi connectivity index (χ3v) is 7.02. The number of hydrogen-bond acceptors (Lipinski definition) is 0. The SMILES string of the molecule is CCCCCC1CCC(C#Cc2ccc(-c3ccc4c(F)c(C=C(F)F)c(F)cc4c3)cc2)CC1. The second-order valence-corrected chi connectivity index (χ2v) is 9.52. The highest BCUT2D eigenvalue weighted by atomic mass is 19.3. The second kappa shape index (κ2) is 11.6. The molecule has 3 aromatic rings. The largest absolute Gasteiger partial charge is 0.271 e. The van der Waals surface area contributed by atoms with Crippen LogP contribution in [0.5, 0.6) is 0 Å². The van der Waals surface area contributed by atoms with Crippen molar-refractivity contribution in [3.63, 3.8) is 0 Å². The maximum absolute atomic E-state index is 14.6. The van der Waals surface area contributed by atoms with Gasteiger partial charge in [0, 0.05) is 22.9 Å². The van der Waals surface area contributed by atoms with E-state index in [9.17, 15) is 17.6 Å². The molecule has 0 nitrogen and oxygen atoms in total. The molecule has 0 aromatic heterocycles. The van der Waals surface area contributed by atoms with E-state index in [2.05, 4.69) is 18.8 Å². The van der Waals surface area contributed by atoms with Crippen LogP contribution in [0, 0.1) is 35.3 Å². The summed E-state index contributed by atoms with van der Waals surface area (Å²) in [5.74, 6) is 6.10. The molecule has 4 rings (SSSR count). The van der Waals surface area contributed by atoms with Crippen LogP contribution in [0.4, 0.5) is 17.6 Å². The second-order valence-electron chi connectivity index (χ2n) is 9.52. The lowest BCUT2D eigenvalue weighted by Gasteiger charge is -2.25. The van der Waals surface area contributed by atoms with Crippen molar-refractivity contribution in [3.8, 4) is 23.0 Å². The topological polar surface area (TPSA) is 0 Å². The fourth-order valence-corrected chi connectivity index (χ4v) is 4.98. The predicted molar refractivity (Wildman–Crippen MR) is 136 cm³/mol. The van der Waals surface area contributed by atoms with Gasteiger partial charge in [-0.25, -0.2) is 8.78 Å². The van der Waals surface area contributed by atoms with E-state index < -0.39 is 23.3 Å². The summed E-state index contributed by atoms with van der Waals surface area (Å²) in [5.41, 5.74) is 1.90. The number of unbranched alkanes of at least 4 members (excludes halogenated alkanes) is 2. The molecule has 0 spiro atoms. The van der Waals surface area contributed by atoms with Crippen LogP contribution in [-0.2, 0) is 0 Å². The van der Waals surface area contributed by atoms with Crippen LogP contribution in [0.25, 0.3) is 28.0 Å². The molecule has 1 aliphatic carbocycles. The summed E-state index contributed by atoms with van der Waals surface area (Å²) >= 11 is 0. The van der Waals surface area contributed by atoms with Crippen molar-refractivity contribution in [2.24, 2.45) is 11.8 Å². The van der Waals surface area contributed by atoms with Crippen molar-refractivity contribution in [3.05, 3.63) is 77.4 Å². The summed E-state index contributed by atoms with van der Waals surface area (Å²) in [7, 11) is 0. The van der Waals surface area contributed by atoms with Gasteiger partial charge in [-0.15, -0.1) is 0 Å². The first-order valence-corrected chi connectivity index (χ1v) is 12.5. The van der Waals surface area contributed by atoms with Crippen LogP contribution < -0.4 is 0 Å². The van der Waals surface area contributed by atoms with E-state index in [0.29, 0.717) is 11.3 Å². The highest BCUT2D eigenvalue weighted by molar-refractivity contribution is 5.90. The fraction of sp³-hybridized carbons (Fsp3) is 0.355. The van der Waals surface area contributed by atoms with Crippen LogP contribution in [0.2, 0.25) is 0 Å². The predicted octanol–water partition coefficient (Wildman–Crippen LogP) is 9.76. The molecule has 35 heavy (non-hydrogen) atoms. The van der Waals surface area contributed by atoms with Gasteiger partial charge in [0.2, 0.25) is 0 Å². The first-order chi connectivity index (χ1) is 16.9. The van der Waals surface area contributed by atoms with Crippen LogP contribution in [0.3, 0.4) is 0 Å². The van der Waals surface area contributed by atoms with Crippen molar-refractivity contribution in [2.45, 2.75) is 58.3 Å². The lowest BCUT2D eigenvalue weighted by atomic mass is 9.80. The van der Waals surface area contributed by atoms with Gasteiger partial charge in [-0.1, -0.05) is 68.7 Å². The summed E-state index contributed by atoms with van der Waals surface area (Å²) in [6, 6.07) is 13.8. The maximum atomic E-state index is 14.6. The van der Waals surface area contributed by atoms with Crippen molar-refractivity contribution >= 4 is 16.8 Å². The lowest BCUT2D eigenvalue weighted by molar-refractivity contribution is 0.294. The molecule has 1 fully saturated rings. The van der Waals surface area contributed by atoms with Crippen LogP contribution in [-0.4, -0.2) is 0 Å². The molecule has 0 N–H and O–H groups in total. The summed E-state index contributed by atoms with van der Waals surface area (Å²) in [6.07, 6.45) is 8.33. The molecule has 0 heterocycles. The lowest BCUT2D eigenvalue weighted by Crippen LogP contribution is -2.13. The Bertz CT molecular complexity index is 1250. The third-order valence-electron chi connectivity index (χ3n) is 7.02. The Morgan fingerprint density at radius 3 is 2.31 bits per heavy atom. The van der Waals surface area contributed by atoms with Crippen LogP contribution in [0.1, 0.15) is 69.4 Å². The van der Waals surface area contributed by atoms with E-state index in [1.54, 1.807) is 12.1 Å². The molecule has 0 atom stereocenters. The monoisotopic (exact) mass is 478 g/mol. The fourth-order valence-electron chi connectivity index (χ4n) is 4.98. The van der Waals surface area contributed by atoms with Gasteiger partial charge in [0.25, 0.3) is 6.08 Å². The van der Waals surface area contributed by atoms with Crippen LogP contribution in [0.15, 0.2) is 54.6 Å². The molecule has 3 aromatic carbocycles. The number of benzene rings is 3. The third kappa shape index (κ3) is 6.34. The van der Waals surface area contributed by atoms with Crippen molar-refractivity contribution in [1.82, 2.24) is 0 Å². The zero-order valence-corrected chi connectivity index (χ0v) is 20.0. The average Bonchev–Trinajstić information content (AvgIpc) is 2.86. The normalized spacial score (nSPS) is 17.6. The standard InChI is InChI=1S/C31H30F4/c1-2-3-4-5-21-6-8-22(9-7-21)10-11-23-12-14-24(15-13-23)25-16-17-27-26(18-25)19-29(32)28(31(27)35)20-30(33)34/h12-22H,2-9H2,1H3. The average molecular weight is 479 g/mol. The molecule has 1 saturated carbocycles. The number of hydrogen-bond donors (Lipinski definition) is 0. The number of rotatable bonds is 6. The zero-order valence-electron chi connectivity index (χ0n) is 20.0. The highest BCUT2D eigenvalue weighted by Crippen LogP contribution is 2.32. The Morgan fingerprint density at radius 2 is 1.63 bits per heavy atom. The van der Waals surface area contributed by atoms with E-state index in [1.165, 1.54) is 57.4 Å². The van der Waals surface area contributed by atoms with Gasteiger partial charge in [-0.3, -0.25) is 0 Å². The smallest absolute Gasteiger partial charge is 0.206 e. The molecule has 0 unspecified atom stereocenters. The van der Waals surface area contributed by atoms with E-state index >= 15 is 0 Å². The molecule has 1 aliphatic rings. The molecular formula is C31H30F4. The highest BCUT2D eigenvalue weighted by Gasteiger charge is 2.19. The number of halogens is 4. The first kappa shape index (κ1) is 25.0. The van der Waals surface area contributed by atoms with Crippen molar-refractivity contribution in [2.75, 3.05) is 0 Å².